The number of carbonyl (C=O) groups is 1. The zero-order valence-electron chi connectivity index (χ0n) is 10.00. The summed E-state index contributed by atoms with van der Waals surface area (Å²) in [6, 6.07) is 10.0. The molecule has 94 valence electrons. The standard InChI is InChI=1S/C14H14O4/c1-2-17-14(16)11-7-5-10(6-8-11)13(15)12-4-3-9-18-12/h3-9,13,15H,2H2,1H3/t13-/m0/s1. The number of carbonyl (C=O) groups excluding carboxylic acids is 1. The van der Waals surface area contributed by atoms with Gasteiger partial charge in [0.15, 0.2) is 0 Å². The summed E-state index contributed by atoms with van der Waals surface area (Å²) in [4.78, 5) is 11.5. The Morgan fingerprint density at radius 2 is 2.06 bits per heavy atom. The number of hydrogen-bond donors (Lipinski definition) is 1. The molecule has 0 radical (unpaired) electrons. The van der Waals surface area contributed by atoms with Crippen molar-refractivity contribution in [3.8, 4) is 0 Å². The molecule has 1 heterocycles. The van der Waals surface area contributed by atoms with Crippen molar-refractivity contribution in [2.45, 2.75) is 13.0 Å². The molecular weight excluding hydrogens is 232 g/mol. The summed E-state index contributed by atoms with van der Waals surface area (Å²) >= 11 is 0. The van der Waals surface area contributed by atoms with E-state index in [1.54, 1.807) is 43.3 Å². The maximum Gasteiger partial charge on any atom is 0.338 e. The van der Waals surface area contributed by atoms with Gasteiger partial charge in [-0.2, -0.15) is 0 Å². The number of furan rings is 1. The van der Waals surface area contributed by atoms with Crippen LogP contribution in [-0.4, -0.2) is 17.7 Å². The molecule has 4 nitrogen and oxygen atoms in total. The second-order valence-corrected chi connectivity index (χ2v) is 3.76. The van der Waals surface area contributed by atoms with E-state index in [1.165, 1.54) is 6.26 Å². The van der Waals surface area contributed by atoms with E-state index < -0.39 is 6.10 Å². The number of ether oxygens (including phenoxy) is 1. The van der Waals surface area contributed by atoms with Gasteiger partial charge in [-0.25, -0.2) is 4.79 Å². The number of esters is 1. The monoisotopic (exact) mass is 246 g/mol. The fourth-order valence-electron chi connectivity index (χ4n) is 1.63. The van der Waals surface area contributed by atoms with E-state index in [-0.39, 0.29) is 5.97 Å². The molecule has 0 aliphatic carbocycles. The SMILES string of the molecule is CCOC(=O)c1ccc([C@H](O)c2ccco2)cc1. The van der Waals surface area contributed by atoms with Crippen LogP contribution in [0.25, 0.3) is 0 Å². The number of aliphatic hydroxyl groups is 1. The fourth-order valence-corrected chi connectivity index (χ4v) is 1.63. The van der Waals surface area contributed by atoms with Crippen molar-refractivity contribution >= 4 is 5.97 Å². The summed E-state index contributed by atoms with van der Waals surface area (Å²) in [6.07, 6.45) is 0.683. The second-order valence-electron chi connectivity index (χ2n) is 3.76. The van der Waals surface area contributed by atoms with Crippen molar-refractivity contribution in [3.63, 3.8) is 0 Å². The number of aliphatic hydroxyl groups excluding tert-OH is 1. The Labute approximate surface area is 105 Å². The van der Waals surface area contributed by atoms with E-state index in [2.05, 4.69) is 0 Å². The van der Waals surface area contributed by atoms with Gasteiger partial charge < -0.3 is 14.3 Å². The zero-order valence-corrected chi connectivity index (χ0v) is 10.00. The van der Waals surface area contributed by atoms with Crippen LogP contribution >= 0.6 is 0 Å². The van der Waals surface area contributed by atoms with Gasteiger partial charge in [-0.15, -0.1) is 0 Å². The minimum absolute atomic E-state index is 0.343. The maximum atomic E-state index is 11.5. The van der Waals surface area contributed by atoms with Crippen LogP contribution in [0.3, 0.4) is 0 Å². The molecule has 18 heavy (non-hydrogen) atoms. The Morgan fingerprint density at radius 3 is 2.61 bits per heavy atom. The predicted molar refractivity (Wildman–Crippen MR) is 65.2 cm³/mol. The van der Waals surface area contributed by atoms with Gasteiger partial charge in [0, 0.05) is 0 Å². The molecule has 0 saturated heterocycles. The second kappa shape index (κ2) is 5.51. The zero-order chi connectivity index (χ0) is 13.0. The van der Waals surface area contributed by atoms with Crippen LogP contribution in [0.1, 0.15) is 34.7 Å². The first kappa shape index (κ1) is 12.4. The lowest BCUT2D eigenvalue weighted by Crippen LogP contribution is -2.05. The highest BCUT2D eigenvalue weighted by molar-refractivity contribution is 5.89. The van der Waals surface area contributed by atoms with Gasteiger partial charge in [0.25, 0.3) is 0 Å². The van der Waals surface area contributed by atoms with Crippen LogP contribution in [-0.2, 0) is 4.74 Å². The molecule has 0 aliphatic rings. The van der Waals surface area contributed by atoms with Gasteiger partial charge in [-0.3, -0.25) is 0 Å². The summed E-state index contributed by atoms with van der Waals surface area (Å²) in [5, 5.41) is 10.0. The van der Waals surface area contributed by atoms with E-state index in [1.807, 2.05) is 0 Å². The quantitative estimate of drug-likeness (QED) is 0.842. The van der Waals surface area contributed by atoms with Crippen molar-refractivity contribution in [1.82, 2.24) is 0 Å². The fraction of sp³-hybridized carbons (Fsp3) is 0.214. The minimum Gasteiger partial charge on any atom is -0.466 e. The first-order valence-corrected chi connectivity index (χ1v) is 5.71. The average molecular weight is 246 g/mol. The average Bonchev–Trinajstić information content (AvgIpc) is 2.92. The third kappa shape index (κ3) is 2.60. The highest BCUT2D eigenvalue weighted by atomic mass is 16.5. The van der Waals surface area contributed by atoms with Gasteiger partial charge in [-0.05, 0) is 36.8 Å². The maximum absolute atomic E-state index is 11.5. The molecule has 0 aliphatic heterocycles. The molecule has 1 atom stereocenters. The van der Waals surface area contributed by atoms with Crippen LogP contribution in [0.5, 0.6) is 0 Å². The molecule has 2 rings (SSSR count). The van der Waals surface area contributed by atoms with E-state index in [0.717, 1.165) is 0 Å². The normalized spacial score (nSPS) is 12.1. The molecule has 4 heteroatoms. The summed E-state index contributed by atoms with van der Waals surface area (Å²) < 4.78 is 10.0. The number of rotatable bonds is 4. The predicted octanol–water partition coefficient (Wildman–Crippen LogP) is 2.54. The van der Waals surface area contributed by atoms with E-state index in [0.29, 0.717) is 23.5 Å². The topological polar surface area (TPSA) is 59.7 Å². The molecule has 0 unspecified atom stereocenters. The van der Waals surface area contributed by atoms with Crippen molar-refractivity contribution in [2.24, 2.45) is 0 Å². The minimum atomic E-state index is -0.823. The van der Waals surface area contributed by atoms with Crippen molar-refractivity contribution in [3.05, 3.63) is 59.5 Å². The molecule has 1 N–H and O–H groups in total. The molecule has 0 saturated carbocycles. The summed E-state index contributed by atoms with van der Waals surface area (Å²) in [7, 11) is 0. The first-order chi connectivity index (χ1) is 8.72. The molecule has 0 spiro atoms. The third-order valence-corrected chi connectivity index (χ3v) is 2.55. The lowest BCUT2D eigenvalue weighted by atomic mass is 10.1. The Bertz CT molecular complexity index is 499. The molecule has 0 bridgehead atoms. The van der Waals surface area contributed by atoms with Gasteiger partial charge in [0.1, 0.15) is 11.9 Å². The smallest absolute Gasteiger partial charge is 0.338 e. The Kier molecular flexibility index (Phi) is 3.79. The van der Waals surface area contributed by atoms with Gasteiger partial charge in [0.05, 0.1) is 18.4 Å². The number of benzene rings is 1. The van der Waals surface area contributed by atoms with Crippen molar-refractivity contribution in [1.29, 1.82) is 0 Å². The van der Waals surface area contributed by atoms with Crippen LogP contribution in [0, 0.1) is 0 Å². The van der Waals surface area contributed by atoms with Crippen molar-refractivity contribution < 1.29 is 19.1 Å². The number of hydrogen-bond acceptors (Lipinski definition) is 4. The Morgan fingerprint density at radius 1 is 1.33 bits per heavy atom. The Balaban J connectivity index is 2.15. The van der Waals surface area contributed by atoms with Gasteiger partial charge in [0.2, 0.25) is 0 Å². The Hall–Kier alpha value is -2.07. The molecule has 1 aromatic carbocycles. The lowest BCUT2D eigenvalue weighted by molar-refractivity contribution is 0.0526. The van der Waals surface area contributed by atoms with E-state index in [4.69, 9.17) is 9.15 Å². The lowest BCUT2D eigenvalue weighted by Gasteiger charge is -2.08. The molecular formula is C14H14O4. The summed E-state index contributed by atoms with van der Waals surface area (Å²) in [6.45, 7) is 2.10. The highest BCUT2D eigenvalue weighted by Crippen LogP contribution is 2.22. The van der Waals surface area contributed by atoms with Crippen LogP contribution in [0.4, 0.5) is 0 Å². The molecule has 0 fully saturated rings. The summed E-state index contributed by atoms with van der Waals surface area (Å²) in [5.41, 5.74) is 1.13. The molecule has 2 aromatic rings. The van der Waals surface area contributed by atoms with Crippen LogP contribution in [0.15, 0.2) is 47.1 Å². The summed E-state index contributed by atoms with van der Waals surface area (Å²) in [5.74, 6) is 0.107. The van der Waals surface area contributed by atoms with E-state index in [9.17, 15) is 9.90 Å². The van der Waals surface area contributed by atoms with Gasteiger partial charge in [-0.1, -0.05) is 12.1 Å². The first-order valence-electron chi connectivity index (χ1n) is 5.71. The van der Waals surface area contributed by atoms with Crippen molar-refractivity contribution in [2.75, 3.05) is 6.61 Å². The third-order valence-electron chi connectivity index (χ3n) is 2.55. The van der Waals surface area contributed by atoms with Crippen LogP contribution < -0.4 is 0 Å². The highest BCUT2D eigenvalue weighted by Gasteiger charge is 2.14. The largest absolute Gasteiger partial charge is 0.466 e. The molecule has 0 amide bonds. The molecule has 1 aromatic heterocycles. The van der Waals surface area contributed by atoms with Crippen LogP contribution in [0.2, 0.25) is 0 Å². The van der Waals surface area contributed by atoms with E-state index >= 15 is 0 Å². The van der Waals surface area contributed by atoms with Gasteiger partial charge >= 0.3 is 5.97 Å².